The molecule has 1 fully saturated rings. The van der Waals surface area contributed by atoms with Crippen LogP contribution < -0.4 is 10.6 Å². The van der Waals surface area contributed by atoms with Crippen LogP contribution in [-0.4, -0.2) is 23.6 Å². The number of rotatable bonds is 2. The fourth-order valence-corrected chi connectivity index (χ4v) is 2.35. The molecule has 0 bridgehead atoms. The third-order valence-electron chi connectivity index (χ3n) is 3.52. The van der Waals surface area contributed by atoms with Crippen LogP contribution >= 0.6 is 0 Å². The molecule has 4 nitrogen and oxygen atoms in total. The van der Waals surface area contributed by atoms with E-state index in [0.29, 0.717) is 5.92 Å². The first-order chi connectivity index (χ1) is 8.58. The van der Waals surface area contributed by atoms with E-state index in [0.717, 1.165) is 30.6 Å². The molecule has 1 aromatic rings. The number of carbonyl (C=O) groups excluding carboxylic acids is 1. The molecule has 1 amide bonds. The van der Waals surface area contributed by atoms with Gasteiger partial charge in [-0.25, -0.2) is 0 Å². The van der Waals surface area contributed by atoms with Crippen molar-refractivity contribution in [3.05, 3.63) is 23.8 Å². The van der Waals surface area contributed by atoms with Crippen LogP contribution in [0.1, 0.15) is 25.3 Å². The Kier molecular flexibility index (Phi) is 3.87. The number of benzene rings is 1. The highest BCUT2D eigenvalue weighted by Crippen LogP contribution is 2.21. The maximum absolute atomic E-state index is 12.1. The number of carbonyl (C=O) groups is 1. The molecule has 2 atom stereocenters. The summed E-state index contributed by atoms with van der Waals surface area (Å²) >= 11 is 0. The first-order valence-electron chi connectivity index (χ1n) is 6.42. The van der Waals surface area contributed by atoms with E-state index in [-0.39, 0.29) is 17.7 Å². The van der Waals surface area contributed by atoms with Crippen molar-refractivity contribution in [2.45, 2.75) is 32.7 Å². The van der Waals surface area contributed by atoms with Crippen molar-refractivity contribution in [3.63, 3.8) is 0 Å². The van der Waals surface area contributed by atoms with Crippen LogP contribution in [0.15, 0.2) is 18.2 Å². The average Bonchev–Trinajstić information content (AvgIpc) is 2.34. The van der Waals surface area contributed by atoms with E-state index in [9.17, 15) is 9.90 Å². The number of amides is 1. The van der Waals surface area contributed by atoms with Crippen molar-refractivity contribution in [3.8, 4) is 5.75 Å². The monoisotopic (exact) mass is 248 g/mol. The van der Waals surface area contributed by atoms with Crippen LogP contribution in [0.2, 0.25) is 0 Å². The highest BCUT2D eigenvalue weighted by atomic mass is 16.3. The van der Waals surface area contributed by atoms with Gasteiger partial charge in [0.05, 0.1) is 6.04 Å². The van der Waals surface area contributed by atoms with Crippen molar-refractivity contribution in [2.75, 3.05) is 11.9 Å². The van der Waals surface area contributed by atoms with Gasteiger partial charge < -0.3 is 15.7 Å². The van der Waals surface area contributed by atoms with E-state index in [4.69, 9.17) is 0 Å². The number of nitrogens with one attached hydrogen (secondary N) is 2. The normalized spacial score (nSPS) is 23.7. The molecular formula is C14H20N2O2. The van der Waals surface area contributed by atoms with Gasteiger partial charge in [0, 0.05) is 5.69 Å². The zero-order chi connectivity index (χ0) is 13.1. The Bertz CT molecular complexity index is 445. The van der Waals surface area contributed by atoms with E-state index in [2.05, 4.69) is 17.6 Å². The maximum atomic E-state index is 12.1. The van der Waals surface area contributed by atoms with Crippen molar-refractivity contribution in [2.24, 2.45) is 5.92 Å². The first-order valence-corrected chi connectivity index (χ1v) is 6.42. The van der Waals surface area contributed by atoms with E-state index < -0.39 is 0 Å². The highest BCUT2D eigenvalue weighted by molar-refractivity contribution is 5.95. The second-order valence-electron chi connectivity index (χ2n) is 5.04. The van der Waals surface area contributed by atoms with Gasteiger partial charge in [0.25, 0.3) is 0 Å². The summed E-state index contributed by atoms with van der Waals surface area (Å²) in [5, 5.41) is 15.6. The molecule has 1 aliphatic heterocycles. The highest BCUT2D eigenvalue weighted by Gasteiger charge is 2.27. The minimum atomic E-state index is -0.118. The molecule has 2 rings (SSSR count). The maximum Gasteiger partial charge on any atom is 0.241 e. The van der Waals surface area contributed by atoms with Gasteiger partial charge in [-0.1, -0.05) is 6.92 Å². The van der Waals surface area contributed by atoms with Gasteiger partial charge in [-0.05, 0) is 56.0 Å². The summed E-state index contributed by atoms with van der Waals surface area (Å²) in [6.45, 7) is 4.81. The van der Waals surface area contributed by atoms with E-state index in [1.165, 1.54) is 0 Å². The number of piperidine rings is 1. The standard InChI is InChI=1S/C14H20N2O2/c1-9-4-3-7-15-13(9)14(18)16-11-5-6-12(17)10(2)8-11/h5-6,8-9,13,15,17H,3-4,7H2,1-2H3,(H,16,18). The molecule has 0 saturated carbocycles. The number of aryl methyl sites for hydroxylation is 1. The topological polar surface area (TPSA) is 61.4 Å². The van der Waals surface area contributed by atoms with Crippen LogP contribution in [-0.2, 0) is 4.79 Å². The number of phenols is 1. The minimum Gasteiger partial charge on any atom is -0.508 e. The largest absolute Gasteiger partial charge is 0.508 e. The van der Waals surface area contributed by atoms with Gasteiger partial charge in [0.15, 0.2) is 0 Å². The number of hydrogen-bond acceptors (Lipinski definition) is 3. The van der Waals surface area contributed by atoms with Crippen LogP contribution in [0.25, 0.3) is 0 Å². The van der Waals surface area contributed by atoms with E-state index in [1.807, 2.05) is 6.92 Å². The molecule has 0 aliphatic carbocycles. The van der Waals surface area contributed by atoms with Crippen molar-refractivity contribution < 1.29 is 9.90 Å². The minimum absolute atomic E-state index is 0.00675. The molecule has 98 valence electrons. The Morgan fingerprint density at radius 3 is 2.94 bits per heavy atom. The van der Waals surface area contributed by atoms with Gasteiger partial charge in [-0.15, -0.1) is 0 Å². The predicted molar refractivity (Wildman–Crippen MR) is 71.7 cm³/mol. The molecule has 4 heteroatoms. The molecule has 1 saturated heterocycles. The Labute approximate surface area is 107 Å². The molecule has 0 aromatic heterocycles. The summed E-state index contributed by atoms with van der Waals surface area (Å²) < 4.78 is 0. The Balaban J connectivity index is 2.04. The first kappa shape index (κ1) is 12.9. The fourth-order valence-electron chi connectivity index (χ4n) is 2.35. The molecule has 0 spiro atoms. The van der Waals surface area contributed by atoms with Crippen LogP contribution in [0.5, 0.6) is 5.75 Å². The van der Waals surface area contributed by atoms with Crippen LogP contribution in [0.4, 0.5) is 5.69 Å². The molecule has 1 heterocycles. The Morgan fingerprint density at radius 2 is 2.28 bits per heavy atom. The lowest BCUT2D eigenvalue weighted by atomic mass is 9.92. The summed E-state index contributed by atoms with van der Waals surface area (Å²) in [7, 11) is 0. The Morgan fingerprint density at radius 1 is 1.50 bits per heavy atom. The smallest absolute Gasteiger partial charge is 0.241 e. The average molecular weight is 248 g/mol. The van der Waals surface area contributed by atoms with Crippen LogP contribution in [0.3, 0.4) is 0 Å². The summed E-state index contributed by atoms with van der Waals surface area (Å²) in [6.07, 6.45) is 2.21. The summed E-state index contributed by atoms with van der Waals surface area (Å²) in [5.41, 5.74) is 1.49. The third kappa shape index (κ3) is 2.82. The molecule has 0 radical (unpaired) electrons. The summed E-state index contributed by atoms with van der Waals surface area (Å²) in [6, 6.07) is 4.98. The third-order valence-corrected chi connectivity index (χ3v) is 3.52. The molecular weight excluding hydrogens is 228 g/mol. The number of hydrogen-bond donors (Lipinski definition) is 3. The quantitative estimate of drug-likeness (QED) is 0.702. The number of phenolic OH excluding ortho intramolecular Hbond substituents is 1. The number of anilines is 1. The van der Waals surface area contributed by atoms with E-state index >= 15 is 0 Å². The van der Waals surface area contributed by atoms with Gasteiger partial charge in [-0.3, -0.25) is 4.79 Å². The van der Waals surface area contributed by atoms with Crippen LogP contribution in [0, 0.1) is 12.8 Å². The second kappa shape index (κ2) is 5.40. The molecule has 2 unspecified atom stereocenters. The zero-order valence-corrected chi connectivity index (χ0v) is 10.9. The molecule has 1 aliphatic rings. The fraction of sp³-hybridized carbons (Fsp3) is 0.500. The molecule has 3 N–H and O–H groups in total. The number of aromatic hydroxyl groups is 1. The SMILES string of the molecule is Cc1cc(NC(=O)C2NCCCC2C)ccc1O. The Hall–Kier alpha value is -1.55. The zero-order valence-electron chi connectivity index (χ0n) is 10.9. The second-order valence-corrected chi connectivity index (χ2v) is 5.04. The lowest BCUT2D eigenvalue weighted by Crippen LogP contribution is -2.48. The predicted octanol–water partition coefficient (Wildman–Crippen LogP) is 2.03. The van der Waals surface area contributed by atoms with E-state index in [1.54, 1.807) is 18.2 Å². The van der Waals surface area contributed by atoms with Gasteiger partial charge in [0.1, 0.15) is 5.75 Å². The van der Waals surface area contributed by atoms with Crippen molar-refractivity contribution in [1.82, 2.24) is 5.32 Å². The van der Waals surface area contributed by atoms with Crippen molar-refractivity contribution >= 4 is 11.6 Å². The van der Waals surface area contributed by atoms with Gasteiger partial charge in [0.2, 0.25) is 5.91 Å². The molecule has 1 aromatic carbocycles. The summed E-state index contributed by atoms with van der Waals surface area (Å²) in [5.74, 6) is 0.612. The molecule has 18 heavy (non-hydrogen) atoms. The van der Waals surface area contributed by atoms with Gasteiger partial charge in [-0.2, -0.15) is 0 Å². The van der Waals surface area contributed by atoms with Gasteiger partial charge >= 0.3 is 0 Å². The lowest BCUT2D eigenvalue weighted by Gasteiger charge is -2.28. The summed E-state index contributed by atoms with van der Waals surface area (Å²) in [4.78, 5) is 12.1. The van der Waals surface area contributed by atoms with Crippen molar-refractivity contribution in [1.29, 1.82) is 0 Å². The lowest BCUT2D eigenvalue weighted by molar-refractivity contribution is -0.119.